The molecule has 0 aromatic carbocycles. The fourth-order valence-electron chi connectivity index (χ4n) is 0.842. The van der Waals surface area contributed by atoms with Gasteiger partial charge in [0.2, 0.25) is 0 Å². The van der Waals surface area contributed by atoms with E-state index in [1.807, 2.05) is 6.26 Å². The second-order valence-corrected chi connectivity index (χ2v) is 3.87. The molecule has 0 heterocycles. The number of hydrogen-bond acceptors (Lipinski definition) is 2. The zero-order valence-electron chi connectivity index (χ0n) is 7.56. The monoisotopic (exact) mass is 159 g/mol. The maximum Gasteiger partial charge on any atom is 0.0312 e. The third-order valence-corrected chi connectivity index (χ3v) is 1.81. The fourth-order valence-corrected chi connectivity index (χ4v) is 1.47. The fraction of sp³-hybridized carbons (Fsp3) is 0.875. The van der Waals surface area contributed by atoms with Gasteiger partial charge in [0.15, 0.2) is 0 Å². The summed E-state index contributed by atoms with van der Waals surface area (Å²) in [4.78, 5) is 0. The predicted octanol–water partition coefficient (Wildman–Crippen LogP) is 3.16. The second-order valence-electron chi connectivity index (χ2n) is 3.32. The van der Waals surface area contributed by atoms with Crippen molar-refractivity contribution < 1.29 is 0 Å². The lowest BCUT2D eigenvalue weighted by Crippen LogP contribution is -2.18. The Morgan fingerprint density at radius 3 is 2.00 bits per heavy atom. The van der Waals surface area contributed by atoms with Crippen molar-refractivity contribution in [1.29, 1.82) is 0 Å². The van der Waals surface area contributed by atoms with Gasteiger partial charge in [0.05, 0.1) is 0 Å². The van der Waals surface area contributed by atoms with E-state index in [2.05, 4.69) is 32.1 Å². The Morgan fingerprint density at radius 1 is 1.40 bits per heavy atom. The van der Waals surface area contributed by atoms with Gasteiger partial charge in [-0.2, -0.15) is 0 Å². The van der Waals surface area contributed by atoms with E-state index in [1.165, 1.54) is 5.71 Å². The van der Waals surface area contributed by atoms with Crippen molar-refractivity contribution in [3.05, 3.63) is 0 Å². The lowest BCUT2D eigenvalue weighted by atomic mass is 9.89. The smallest absolute Gasteiger partial charge is 0.0312 e. The summed E-state index contributed by atoms with van der Waals surface area (Å²) in [6.45, 7) is 8.75. The van der Waals surface area contributed by atoms with Crippen molar-refractivity contribution in [1.82, 2.24) is 0 Å². The first-order valence-corrected chi connectivity index (χ1v) is 4.81. The van der Waals surface area contributed by atoms with E-state index in [0.717, 1.165) is 6.42 Å². The highest BCUT2D eigenvalue weighted by molar-refractivity contribution is 7.97. The van der Waals surface area contributed by atoms with Crippen LogP contribution in [0.15, 0.2) is 4.40 Å². The normalized spacial score (nSPS) is 13.9. The van der Waals surface area contributed by atoms with Crippen molar-refractivity contribution in [2.45, 2.75) is 34.1 Å². The first-order chi connectivity index (χ1) is 4.52. The standard InChI is InChI=1S/C8H17NS/c1-6-7(9-10-5)8(2,3)4/h6H2,1-5H3/b9-7+. The minimum Gasteiger partial charge on any atom is -0.225 e. The minimum absolute atomic E-state index is 0.248. The summed E-state index contributed by atoms with van der Waals surface area (Å²) < 4.78 is 4.35. The molecule has 0 aliphatic heterocycles. The van der Waals surface area contributed by atoms with Crippen LogP contribution < -0.4 is 0 Å². The van der Waals surface area contributed by atoms with Crippen LogP contribution in [0.1, 0.15) is 34.1 Å². The van der Waals surface area contributed by atoms with Gasteiger partial charge >= 0.3 is 0 Å². The van der Waals surface area contributed by atoms with Crippen LogP contribution in [0.5, 0.6) is 0 Å². The quantitative estimate of drug-likeness (QED) is 0.445. The van der Waals surface area contributed by atoms with E-state index in [1.54, 1.807) is 11.9 Å². The van der Waals surface area contributed by atoms with E-state index in [0.29, 0.717) is 0 Å². The molecule has 0 bridgehead atoms. The van der Waals surface area contributed by atoms with Crippen molar-refractivity contribution in [2.75, 3.05) is 6.26 Å². The van der Waals surface area contributed by atoms with E-state index >= 15 is 0 Å². The Balaban J connectivity index is 4.21. The molecule has 0 saturated heterocycles. The van der Waals surface area contributed by atoms with Gasteiger partial charge in [0.1, 0.15) is 0 Å². The molecule has 0 aliphatic rings. The average Bonchev–Trinajstić information content (AvgIpc) is 1.80. The molecule has 0 fully saturated rings. The lowest BCUT2D eigenvalue weighted by Gasteiger charge is -2.19. The number of rotatable bonds is 2. The van der Waals surface area contributed by atoms with E-state index in [4.69, 9.17) is 0 Å². The van der Waals surface area contributed by atoms with Crippen molar-refractivity contribution in [3.63, 3.8) is 0 Å². The summed E-state index contributed by atoms with van der Waals surface area (Å²) in [5.41, 5.74) is 1.54. The first-order valence-electron chi connectivity index (χ1n) is 3.63. The van der Waals surface area contributed by atoms with Crippen LogP contribution in [0.2, 0.25) is 0 Å². The van der Waals surface area contributed by atoms with Crippen LogP contribution in [0.4, 0.5) is 0 Å². The molecule has 0 aromatic heterocycles. The average molecular weight is 159 g/mol. The molecule has 1 nitrogen and oxygen atoms in total. The Labute approximate surface area is 68.4 Å². The Hall–Kier alpha value is 0.0200. The molecule has 0 aliphatic carbocycles. The van der Waals surface area contributed by atoms with Gasteiger partial charge in [-0.1, -0.05) is 27.7 Å². The molecule has 0 radical (unpaired) electrons. The summed E-state index contributed by atoms with van der Waals surface area (Å²) in [5.74, 6) is 0. The van der Waals surface area contributed by atoms with Crippen LogP contribution in [0.3, 0.4) is 0 Å². The predicted molar refractivity (Wildman–Crippen MR) is 50.7 cm³/mol. The summed E-state index contributed by atoms with van der Waals surface area (Å²) >= 11 is 1.55. The van der Waals surface area contributed by atoms with Crippen LogP contribution in [-0.2, 0) is 0 Å². The second kappa shape index (κ2) is 4.02. The summed E-state index contributed by atoms with van der Waals surface area (Å²) in [5, 5.41) is 0. The first kappa shape index (κ1) is 10.0. The molecule has 0 N–H and O–H groups in total. The maximum atomic E-state index is 4.35. The maximum absolute atomic E-state index is 4.35. The zero-order valence-corrected chi connectivity index (χ0v) is 8.38. The van der Waals surface area contributed by atoms with Gasteiger partial charge < -0.3 is 0 Å². The molecule has 60 valence electrons. The van der Waals surface area contributed by atoms with Gasteiger partial charge in [-0.25, -0.2) is 4.40 Å². The van der Waals surface area contributed by atoms with Gasteiger partial charge in [0, 0.05) is 17.4 Å². The number of hydrogen-bond donors (Lipinski definition) is 0. The molecule has 2 heteroatoms. The van der Waals surface area contributed by atoms with Gasteiger partial charge in [-0.05, 0) is 18.4 Å². The molecular weight excluding hydrogens is 142 g/mol. The van der Waals surface area contributed by atoms with Gasteiger partial charge in [0.25, 0.3) is 0 Å². The van der Waals surface area contributed by atoms with Gasteiger partial charge in [-0.15, -0.1) is 0 Å². The summed E-state index contributed by atoms with van der Waals surface area (Å²) in [6, 6.07) is 0. The zero-order chi connectivity index (χ0) is 8.20. The molecular formula is C8H17NS. The molecule has 10 heavy (non-hydrogen) atoms. The highest BCUT2D eigenvalue weighted by Crippen LogP contribution is 2.20. The molecule has 0 amide bonds. The molecule has 0 atom stereocenters. The Bertz CT molecular complexity index is 122. The highest BCUT2D eigenvalue weighted by atomic mass is 32.2. The van der Waals surface area contributed by atoms with Crippen molar-refractivity contribution >= 4 is 17.7 Å². The molecule has 0 spiro atoms. The third kappa shape index (κ3) is 3.25. The van der Waals surface area contributed by atoms with Crippen LogP contribution in [-0.4, -0.2) is 12.0 Å². The summed E-state index contributed by atoms with van der Waals surface area (Å²) in [7, 11) is 0. The van der Waals surface area contributed by atoms with Crippen LogP contribution in [0.25, 0.3) is 0 Å². The topological polar surface area (TPSA) is 12.4 Å². The molecule has 0 saturated carbocycles. The van der Waals surface area contributed by atoms with Gasteiger partial charge in [-0.3, -0.25) is 0 Å². The SMILES string of the molecule is CC/C(=N\SC)C(C)(C)C. The minimum atomic E-state index is 0.248. The number of nitrogens with zero attached hydrogens (tertiary/aromatic N) is 1. The van der Waals surface area contributed by atoms with Crippen LogP contribution in [0, 0.1) is 5.41 Å². The van der Waals surface area contributed by atoms with Crippen molar-refractivity contribution in [3.8, 4) is 0 Å². The van der Waals surface area contributed by atoms with Crippen LogP contribution >= 0.6 is 11.9 Å². The lowest BCUT2D eigenvalue weighted by molar-refractivity contribution is 0.581. The third-order valence-electron chi connectivity index (χ3n) is 1.40. The largest absolute Gasteiger partial charge is 0.225 e. The van der Waals surface area contributed by atoms with Crippen molar-refractivity contribution in [2.24, 2.45) is 9.81 Å². The van der Waals surface area contributed by atoms with E-state index in [-0.39, 0.29) is 5.41 Å². The van der Waals surface area contributed by atoms with E-state index < -0.39 is 0 Å². The Kier molecular flexibility index (Phi) is 4.02. The molecule has 0 rings (SSSR count). The summed E-state index contributed by atoms with van der Waals surface area (Å²) in [6.07, 6.45) is 3.06. The van der Waals surface area contributed by atoms with E-state index in [9.17, 15) is 0 Å². The Morgan fingerprint density at radius 2 is 1.90 bits per heavy atom. The molecule has 0 unspecified atom stereocenters. The molecule has 0 aromatic rings. The highest BCUT2D eigenvalue weighted by Gasteiger charge is 2.16.